The highest BCUT2D eigenvalue weighted by Crippen LogP contribution is 2.32. The van der Waals surface area contributed by atoms with Crippen LogP contribution in [0.4, 0.5) is 4.79 Å². The van der Waals surface area contributed by atoms with Crippen LogP contribution in [0.25, 0.3) is 0 Å². The molecule has 27 heavy (non-hydrogen) atoms. The molecule has 0 aliphatic carbocycles. The number of piperidine rings is 1. The Morgan fingerprint density at radius 3 is 2.19 bits per heavy atom. The summed E-state index contributed by atoms with van der Waals surface area (Å²) in [6.07, 6.45) is 2.01. The number of benzene rings is 1. The quantitative estimate of drug-likeness (QED) is 0.639. The van der Waals surface area contributed by atoms with Gasteiger partial charge >= 0.3 is 6.03 Å². The van der Waals surface area contributed by atoms with Gasteiger partial charge in [-0.15, -0.1) is 0 Å². The third kappa shape index (κ3) is 7.52. The molecule has 1 unspecified atom stereocenters. The van der Waals surface area contributed by atoms with Gasteiger partial charge in [-0.3, -0.25) is 0 Å². The van der Waals surface area contributed by atoms with Gasteiger partial charge in [0.2, 0.25) is 0 Å². The summed E-state index contributed by atoms with van der Waals surface area (Å²) in [5.74, 6) is 0. The van der Waals surface area contributed by atoms with Gasteiger partial charge in [-0.2, -0.15) is 0 Å². The molecule has 0 spiro atoms. The molecule has 1 atom stereocenters. The lowest BCUT2D eigenvalue weighted by molar-refractivity contribution is 0.146. The molecule has 1 saturated heterocycles. The predicted octanol–water partition coefficient (Wildman–Crippen LogP) is 6.15. The van der Waals surface area contributed by atoms with Crippen molar-refractivity contribution >= 4 is 29.2 Å². The lowest BCUT2D eigenvalue weighted by atomic mass is 10.0. The molecule has 0 bridgehead atoms. The van der Waals surface area contributed by atoms with E-state index in [0.29, 0.717) is 10.0 Å². The monoisotopic (exact) mass is 417 g/mol. The second-order valence-electron chi connectivity index (χ2n) is 6.42. The standard InChI is InChI=1S/C17H25Cl2N3O.2C2H6/c1-11-5-6-14(16(19)15(11)18)12(2)20-17(23)22(4)13-7-9-21(3)10-8-13;2*1-2/h5-6,12-13H,7-10H2,1-4H3,(H,20,23);2*1-2H3. The molecule has 0 saturated carbocycles. The summed E-state index contributed by atoms with van der Waals surface area (Å²) in [4.78, 5) is 16.6. The molecule has 2 rings (SSSR count). The minimum absolute atomic E-state index is 0.0696. The summed E-state index contributed by atoms with van der Waals surface area (Å²) >= 11 is 12.5. The van der Waals surface area contributed by atoms with E-state index in [1.165, 1.54) is 0 Å². The maximum absolute atomic E-state index is 12.5. The van der Waals surface area contributed by atoms with Crippen LogP contribution < -0.4 is 5.32 Å². The first-order chi connectivity index (χ1) is 12.8. The Morgan fingerprint density at radius 2 is 1.67 bits per heavy atom. The third-order valence-electron chi connectivity index (χ3n) is 4.67. The number of nitrogens with one attached hydrogen (secondary N) is 1. The van der Waals surface area contributed by atoms with Gasteiger partial charge in [0.25, 0.3) is 0 Å². The number of carbonyl (C=O) groups is 1. The van der Waals surface area contributed by atoms with Crippen molar-refractivity contribution in [3.05, 3.63) is 33.3 Å². The average molecular weight is 418 g/mol. The Labute approximate surface area is 176 Å². The number of aryl methyl sites for hydroxylation is 1. The molecule has 1 aromatic rings. The summed E-state index contributed by atoms with van der Waals surface area (Å²) < 4.78 is 0. The summed E-state index contributed by atoms with van der Waals surface area (Å²) in [7, 11) is 3.98. The molecule has 1 N–H and O–H groups in total. The van der Waals surface area contributed by atoms with E-state index in [4.69, 9.17) is 23.2 Å². The number of urea groups is 1. The minimum atomic E-state index is -0.193. The van der Waals surface area contributed by atoms with Crippen molar-refractivity contribution in [2.45, 2.75) is 66.5 Å². The number of amides is 2. The van der Waals surface area contributed by atoms with E-state index in [-0.39, 0.29) is 18.1 Å². The van der Waals surface area contributed by atoms with Gasteiger partial charge < -0.3 is 15.1 Å². The number of hydrogen-bond acceptors (Lipinski definition) is 2. The van der Waals surface area contributed by atoms with Crippen LogP contribution in [0, 0.1) is 6.92 Å². The van der Waals surface area contributed by atoms with Crippen molar-refractivity contribution < 1.29 is 4.79 Å². The molecule has 0 radical (unpaired) electrons. The lowest BCUT2D eigenvalue weighted by Crippen LogP contribution is -2.48. The van der Waals surface area contributed by atoms with Gasteiger partial charge in [0.05, 0.1) is 16.1 Å². The van der Waals surface area contributed by atoms with Crippen molar-refractivity contribution in [3.63, 3.8) is 0 Å². The minimum Gasteiger partial charge on any atom is -0.331 e. The SMILES string of the molecule is CC.CC.Cc1ccc(C(C)NC(=O)N(C)C2CCN(C)CC2)c(Cl)c1Cl. The van der Waals surface area contributed by atoms with Crippen LogP contribution in [0.1, 0.15) is 64.6 Å². The second-order valence-corrected chi connectivity index (χ2v) is 7.17. The lowest BCUT2D eigenvalue weighted by Gasteiger charge is -2.35. The Balaban J connectivity index is 0.00000158. The first-order valence-electron chi connectivity index (χ1n) is 9.97. The number of rotatable bonds is 3. The third-order valence-corrected chi connectivity index (χ3v) is 5.66. The van der Waals surface area contributed by atoms with E-state index >= 15 is 0 Å². The smallest absolute Gasteiger partial charge is 0.317 e. The molecule has 0 aromatic heterocycles. The Morgan fingerprint density at radius 1 is 1.15 bits per heavy atom. The zero-order valence-corrected chi connectivity index (χ0v) is 19.7. The Kier molecular flexibility index (Phi) is 12.8. The summed E-state index contributed by atoms with van der Waals surface area (Å²) in [5, 5.41) is 4.09. The number of carbonyl (C=O) groups excluding carboxylic acids is 1. The summed E-state index contributed by atoms with van der Waals surface area (Å²) in [6, 6.07) is 3.87. The Bertz CT molecular complexity index is 573. The van der Waals surface area contributed by atoms with E-state index in [1.54, 1.807) is 0 Å². The van der Waals surface area contributed by atoms with Crippen LogP contribution in [0.2, 0.25) is 10.0 Å². The van der Waals surface area contributed by atoms with Gasteiger partial charge in [-0.05, 0) is 58.0 Å². The summed E-state index contributed by atoms with van der Waals surface area (Å²) in [5.41, 5.74) is 1.77. The van der Waals surface area contributed by atoms with Crippen LogP contribution in [-0.4, -0.2) is 49.1 Å². The zero-order valence-electron chi connectivity index (χ0n) is 18.2. The van der Waals surface area contributed by atoms with Gasteiger partial charge in [-0.25, -0.2) is 4.79 Å². The highest BCUT2D eigenvalue weighted by Gasteiger charge is 2.25. The van der Waals surface area contributed by atoms with E-state index in [0.717, 1.165) is 37.1 Å². The molecular formula is C21H37Cl2N3O. The molecule has 1 heterocycles. The molecule has 1 fully saturated rings. The zero-order chi connectivity index (χ0) is 21.1. The number of nitrogens with zero attached hydrogens (tertiary/aromatic N) is 2. The van der Waals surface area contributed by atoms with Crippen molar-refractivity contribution in [1.29, 1.82) is 0 Å². The number of halogens is 2. The van der Waals surface area contributed by atoms with Gasteiger partial charge in [-0.1, -0.05) is 63.0 Å². The number of likely N-dealkylation sites (tertiary alicyclic amines) is 1. The van der Waals surface area contributed by atoms with E-state index in [2.05, 4.69) is 17.3 Å². The van der Waals surface area contributed by atoms with Crippen LogP contribution in [0.5, 0.6) is 0 Å². The molecule has 2 amide bonds. The van der Waals surface area contributed by atoms with Crippen LogP contribution >= 0.6 is 23.2 Å². The van der Waals surface area contributed by atoms with Crippen molar-refractivity contribution in [3.8, 4) is 0 Å². The fraction of sp³-hybridized carbons (Fsp3) is 0.667. The van der Waals surface area contributed by atoms with Gasteiger partial charge in [0.1, 0.15) is 0 Å². The predicted molar refractivity (Wildman–Crippen MR) is 119 cm³/mol. The first-order valence-corrected chi connectivity index (χ1v) is 10.7. The summed E-state index contributed by atoms with van der Waals surface area (Å²) in [6.45, 7) is 13.9. The topological polar surface area (TPSA) is 35.6 Å². The van der Waals surface area contributed by atoms with E-state index in [9.17, 15) is 4.79 Å². The molecule has 1 aliphatic rings. The largest absolute Gasteiger partial charge is 0.331 e. The molecule has 156 valence electrons. The Hall–Kier alpha value is -0.970. The molecule has 1 aromatic carbocycles. The molecule has 1 aliphatic heterocycles. The van der Waals surface area contributed by atoms with Crippen molar-refractivity contribution in [1.82, 2.24) is 15.1 Å². The fourth-order valence-corrected chi connectivity index (χ4v) is 3.46. The van der Waals surface area contributed by atoms with Crippen molar-refractivity contribution in [2.75, 3.05) is 27.2 Å². The number of hydrogen-bond donors (Lipinski definition) is 1. The van der Waals surface area contributed by atoms with Crippen LogP contribution in [0.15, 0.2) is 12.1 Å². The maximum atomic E-state index is 12.5. The highest BCUT2D eigenvalue weighted by molar-refractivity contribution is 6.43. The van der Waals surface area contributed by atoms with Gasteiger partial charge in [0.15, 0.2) is 0 Å². The highest BCUT2D eigenvalue weighted by atomic mass is 35.5. The average Bonchev–Trinajstić information content (AvgIpc) is 2.69. The molecule has 4 nitrogen and oxygen atoms in total. The van der Waals surface area contributed by atoms with Gasteiger partial charge in [0, 0.05) is 13.1 Å². The molecular weight excluding hydrogens is 381 g/mol. The second kappa shape index (κ2) is 13.2. The van der Waals surface area contributed by atoms with E-state index < -0.39 is 0 Å². The fourth-order valence-electron chi connectivity index (χ4n) is 2.91. The van der Waals surface area contributed by atoms with Crippen LogP contribution in [0.3, 0.4) is 0 Å². The van der Waals surface area contributed by atoms with Crippen molar-refractivity contribution in [2.24, 2.45) is 0 Å². The normalized spacial score (nSPS) is 15.6. The molecule has 6 heteroatoms. The first kappa shape index (κ1) is 26.0. The maximum Gasteiger partial charge on any atom is 0.317 e. The van der Waals surface area contributed by atoms with Crippen LogP contribution in [-0.2, 0) is 0 Å². The van der Waals surface area contributed by atoms with E-state index in [1.807, 2.05) is 65.6 Å².